The van der Waals surface area contributed by atoms with Gasteiger partial charge in [-0.2, -0.15) is 4.52 Å². The molecule has 27 heavy (non-hydrogen) atoms. The van der Waals surface area contributed by atoms with Crippen LogP contribution in [0.1, 0.15) is 43.3 Å². The van der Waals surface area contributed by atoms with Crippen LogP contribution in [0.3, 0.4) is 0 Å². The molecule has 3 aromatic heterocycles. The Hall–Kier alpha value is -2.77. The predicted molar refractivity (Wildman–Crippen MR) is 103 cm³/mol. The Morgan fingerprint density at radius 2 is 1.67 bits per heavy atom. The molecular weight excluding hydrogens is 340 g/mol. The van der Waals surface area contributed by atoms with Gasteiger partial charge < -0.3 is 9.80 Å². The van der Waals surface area contributed by atoms with Crippen LogP contribution < -0.4 is 9.80 Å². The topological polar surface area (TPSA) is 75.3 Å². The van der Waals surface area contributed by atoms with Gasteiger partial charge in [0, 0.05) is 38.3 Å². The van der Waals surface area contributed by atoms with Gasteiger partial charge in [0.05, 0.1) is 0 Å². The van der Waals surface area contributed by atoms with Crippen LogP contribution in [0.15, 0.2) is 24.4 Å². The maximum Gasteiger partial charge on any atom is 0.178 e. The van der Waals surface area contributed by atoms with E-state index in [0.717, 1.165) is 68.0 Å². The Balaban J connectivity index is 1.36. The summed E-state index contributed by atoms with van der Waals surface area (Å²) in [5, 5.41) is 13.7. The van der Waals surface area contributed by atoms with Crippen molar-refractivity contribution in [2.75, 3.05) is 36.0 Å². The molecule has 5 rings (SSSR count). The van der Waals surface area contributed by atoms with Gasteiger partial charge >= 0.3 is 0 Å². The molecule has 0 aromatic carbocycles. The van der Waals surface area contributed by atoms with Crippen LogP contribution >= 0.6 is 0 Å². The number of hydrogen-bond acceptors (Lipinski definition) is 7. The van der Waals surface area contributed by atoms with Crippen molar-refractivity contribution >= 4 is 17.3 Å². The molecule has 0 N–H and O–H groups in total. The van der Waals surface area contributed by atoms with Gasteiger partial charge in [0.25, 0.3) is 0 Å². The highest BCUT2D eigenvalue weighted by molar-refractivity contribution is 5.46. The van der Waals surface area contributed by atoms with Gasteiger partial charge in [0.15, 0.2) is 11.5 Å². The van der Waals surface area contributed by atoms with Crippen LogP contribution in [0.25, 0.3) is 5.65 Å². The van der Waals surface area contributed by atoms with Crippen molar-refractivity contribution in [2.24, 2.45) is 0 Å². The van der Waals surface area contributed by atoms with Crippen LogP contribution in [-0.4, -0.2) is 56.0 Å². The number of nitrogens with zero attached hydrogens (tertiary/aromatic N) is 8. The lowest BCUT2D eigenvalue weighted by molar-refractivity contribution is 0.475. The van der Waals surface area contributed by atoms with Crippen LogP contribution in [-0.2, 0) is 0 Å². The number of hydrogen-bond donors (Lipinski definition) is 0. The largest absolute Gasteiger partial charge is 0.356 e. The van der Waals surface area contributed by atoms with E-state index < -0.39 is 0 Å². The summed E-state index contributed by atoms with van der Waals surface area (Å²) < 4.78 is 1.96. The lowest BCUT2D eigenvalue weighted by Gasteiger charge is -2.32. The third kappa shape index (κ3) is 3.09. The van der Waals surface area contributed by atoms with Gasteiger partial charge in [-0.25, -0.2) is 9.97 Å². The first-order chi connectivity index (χ1) is 13.3. The van der Waals surface area contributed by atoms with Crippen molar-refractivity contribution in [3.63, 3.8) is 0 Å². The van der Waals surface area contributed by atoms with E-state index in [9.17, 15) is 0 Å². The number of piperidine rings is 1. The molecule has 2 saturated heterocycles. The SMILES string of the molecule is Cc1nccc(N2CCC(c3nnc4ccc(N5CCCC5)nn34)CC2)n1. The summed E-state index contributed by atoms with van der Waals surface area (Å²) in [4.78, 5) is 13.4. The molecule has 0 amide bonds. The summed E-state index contributed by atoms with van der Waals surface area (Å²) in [5.74, 6) is 4.23. The summed E-state index contributed by atoms with van der Waals surface area (Å²) >= 11 is 0. The van der Waals surface area contributed by atoms with Crippen molar-refractivity contribution in [1.82, 2.24) is 29.8 Å². The molecule has 140 valence electrons. The van der Waals surface area contributed by atoms with Gasteiger partial charge in [-0.1, -0.05) is 0 Å². The fourth-order valence-electron chi connectivity index (χ4n) is 4.15. The van der Waals surface area contributed by atoms with Crippen LogP contribution in [0.5, 0.6) is 0 Å². The van der Waals surface area contributed by atoms with E-state index in [1.165, 1.54) is 12.8 Å². The average molecular weight is 364 g/mol. The lowest BCUT2D eigenvalue weighted by Crippen LogP contribution is -2.34. The zero-order valence-electron chi connectivity index (χ0n) is 15.6. The Labute approximate surface area is 158 Å². The molecule has 0 atom stereocenters. The Bertz CT molecular complexity index is 938. The van der Waals surface area contributed by atoms with Gasteiger partial charge in [-0.3, -0.25) is 0 Å². The highest BCUT2D eigenvalue weighted by Gasteiger charge is 2.26. The second kappa shape index (κ2) is 6.75. The van der Waals surface area contributed by atoms with Crippen LogP contribution in [0, 0.1) is 6.92 Å². The minimum atomic E-state index is 0.375. The van der Waals surface area contributed by atoms with Gasteiger partial charge in [-0.15, -0.1) is 15.3 Å². The van der Waals surface area contributed by atoms with Crippen LogP contribution in [0.4, 0.5) is 11.6 Å². The fraction of sp³-hybridized carbons (Fsp3) is 0.526. The Kier molecular flexibility index (Phi) is 4.10. The molecule has 0 spiro atoms. The summed E-state index contributed by atoms with van der Waals surface area (Å²) in [7, 11) is 0. The van der Waals surface area contributed by atoms with E-state index in [2.05, 4.69) is 36.0 Å². The number of rotatable bonds is 3. The number of aryl methyl sites for hydroxylation is 1. The molecule has 0 aliphatic carbocycles. The van der Waals surface area contributed by atoms with Crippen LogP contribution in [0.2, 0.25) is 0 Å². The minimum absolute atomic E-state index is 0.375. The number of fused-ring (bicyclic) bond motifs is 1. The standard InChI is InChI=1S/C19H24N8/c1-14-20-9-6-16(21-14)26-12-7-15(8-13-26)19-23-22-17-4-5-18(24-27(17)19)25-10-2-3-11-25/h4-6,9,15H,2-3,7-8,10-13H2,1H3. The zero-order valence-corrected chi connectivity index (χ0v) is 15.6. The first-order valence-electron chi connectivity index (χ1n) is 9.80. The highest BCUT2D eigenvalue weighted by atomic mass is 15.4. The molecule has 5 heterocycles. The first-order valence-corrected chi connectivity index (χ1v) is 9.80. The molecule has 0 radical (unpaired) electrons. The minimum Gasteiger partial charge on any atom is -0.356 e. The quantitative estimate of drug-likeness (QED) is 0.705. The number of anilines is 2. The van der Waals surface area contributed by atoms with Crippen molar-refractivity contribution in [1.29, 1.82) is 0 Å². The van der Waals surface area contributed by atoms with Crippen molar-refractivity contribution < 1.29 is 0 Å². The molecule has 8 nitrogen and oxygen atoms in total. The fourth-order valence-corrected chi connectivity index (χ4v) is 4.15. The van der Waals surface area contributed by atoms with E-state index in [0.29, 0.717) is 5.92 Å². The summed E-state index contributed by atoms with van der Waals surface area (Å²) in [6.07, 6.45) is 6.38. The molecule has 2 aliphatic heterocycles. The first kappa shape index (κ1) is 16.4. The second-order valence-corrected chi connectivity index (χ2v) is 7.44. The third-order valence-electron chi connectivity index (χ3n) is 5.65. The van der Waals surface area contributed by atoms with Gasteiger partial charge in [0.1, 0.15) is 17.5 Å². The third-order valence-corrected chi connectivity index (χ3v) is 5.65. The second-order valence-electron chi connectivity index (χ2n) is 7.44. The molecule has 0 saturated carbocycles. The van der Waals surface area contributed by atoms with E-state index in [-0.39, 0.29) is 0 Å². The summed E-state index contributed by atoms with van der Waals surface area (Å²) in [6.45, 7) is 6.03. The monoisotopic (exact) mass is 364 g/mol. The summed E-state index contributed by atoms with van der Waals surface area (Å²) in [6, 6.07) is 6.10. The highest BCUT2D eigenvalue weighted by Crippen LogP contribution is 2.29. The predicted octanol–water partition coefficient (Wildman–Crippen LogP) is 2.21. The van der Waals surface area contributed by atoms with E-state index in [1.54, 1.807) is 0 Å². The molecule has 3 aromatic rings. The molecule has 0 unspecified atom stereocenters. The van der Waals surface area contributed by atoms with Gasteiger partial charge in [-0.05, 0) is 50.8 Å². The maximum atomic E-state index is 4.86. The van der Waals surface area contributed by atoms with E-state index in [1.807, 2.05) is 29.8 Å². The Morgan fingerprint density at radius 1 is 0.889 bits per heavy atom. The zero-order chi connectivity index (χ0) is 18.2. The number of aromatic nitrogens is 6. The molecule has 2 fully saturated rings. The van der Waals surface area contributed by atoms with Gasteiger partial charge in [0.2, 0.25) is 0 Å². The lowest BCUT2D eigenvalue weighted by atomic mass is 9.96. The van der Waals surface area contributed by atoms with E-state index >= 15 is 0 Å². The van der Waals surface area contributed by atoms with Crippen molar-refractivity contribution in [2.45, 2.75) is 38.5 Å². The molecule has 8 heteroatoms. The van der Waals surface area contributed by atoms with Crippen molar-refractivity contribution in [3.05, 3.63) is 36.0 Å². The van der Waals surface area contributed by atoms with Crippen molar-refractivity contribution in [3.8, 4) is 0 Å². The maximum absolute atomic E-state index is 4.86. The Morgan fingerprint density at radius 3 is 2.44 bits per heavy atom. The normalized spacial score (nSPS) is 18.6. The molecule has 2 aliphatic rings. The summed E-state index contributed by atoms with van der Waals surface area (Å²) in [5.41, 5.74) is 0.835. The smallest absolute Gasteiger partial charge is 0.178 e. The molecular formula is C19H24N8. The van der Waals surface area contributed by atoms with E-state index in [4.69, 9.17) is 5.10 Å². The average Bonchev–Trinajstić information content (AvgIpc) is 3.38. The molecule has 0 bridgehead atoms.